The first-order valence-corrected chi connectivity index (χ1v) is 5.77. The van der Waals surface area contributed by atoms with Crippen LogP contribution in [0.4, 0.5) is 0 Å². The minimum atomic E-state index is 0.0205. The van der Waals surface area contributed by atoms with E-state index in [-0.39, 0.29) is 11.9 Å². The van der Waals surface area contributed by atoms with Crippen LogP contribution in [0.3, 0.4) is 0 Å². The Morgan fingerprint density at radius 1 is 1.69 bits per heavy atom. The average molecular weight is 222 g/mol. The molecule has 0 aliphatic heterocycles. The molecule has 1 aromatic rings. The van der Waals surface area contributed by atoms with Crippen LogP contribution in [0.1, 0.15) is 37.8 Å². The van der Waals surface area contributed by atoms with Crippen molar-refractivity contribution in [1.82, 2.24) is 20.8 Å². The minimum Gasteiger partial charge on any atom is -0.349 e. The van der Waals surface area contributed by atoms with Crippen molar-refractivity contribution in [2.75, 3.05) is 6.54 Å². The Balaban J connectivity index is 1.65. The monoisotopic (exact) mass is 222 g/mol. The molecule has 1 atom stereocenters. The summed E-state index contributed by atoms with van der Waals surface area (Å²) < 4.78 is 0. The molecule has 0 aromatic carbocycles. The van der Waals surface area contributed by atoms with Crippen LogP contribution in [0.2, 0.25) is 0 Å². The molecule has 0 spiro atoms. The third kappa shape index (κ3) is 3.34. The van der Waals surface area contributed by atoms with Crippen LogP contribution >= 0.6 is 0 Å². The molecule has 1 heterocycles. The maximum atomic E-state index is 11.6. The fourth-order valence-corrected chi connectivity index (χ4v) is 1.57. The van der Waals surface area contributed by atoms with Crippen LogP contribution in [0, 0.1) is 0 Å². The predicted octanol–water partition coefficient (Wildman–Crippen LogP) is 0.729. The fourth-order valence-electron chi connectivity index (χ4n) is 1.57. The summed E-state index contributed by atoms with van der Waals surface area (Å²) >= 11 is 0. The summed E-state index contributed by atoms with van der Waals surface area (Å²) in [4.78, 5) is 11.6. The Labute approximate surface area is 95.0 Å². The van der Waals surface area contributed by atoms with Crippen LogP contribution in [0.15, 0.2) is 12.4 Å². The summed E-state index contributed by atoms with van der Waals surface area (Å²) in [6, 6.07) is 0.686. The van der Waals surface area contributed by atoms with Crippen molar-refractivity contribution in [2.45, 2.75) is 38.3 Å². The first-order chi connectivity index (χ1) is 7.75. The lowest BCUT2D eigenvalue weighted by atomic mass is 10.2. The van der Waals surface area contributed by atoms with Crippen LogP contribution in [-0.2, 0) is 4.79 Å². The summed E-state index contributed by atoms with van der Waals surface area (Å²) in [6.07, 6.45) is 6.58. The molecule has 16 heavy (non-hydrogen) atoms. The molecule has 2 rings (SSSR count). The molecule has 88 valence electrons. The molecular weight excluding hydrogens is 204 g/mol. The van der Waals surface area contributed by atoms with Gasteiger partial charge in [-0.25, -0.2) is 0 Å². The van der Waals surface area contributed by atoms with Gasteiger partial charge in [0.2, 0.25) is 5.91 Å². The SMILES string of the molecule is CC(NC(=O)CCNC1CC1)c1cn[nH]c1. The Hall–Kier alpha value is -1.36. The van der Waals surface area contributed by atoms with Crippen molar-refractivity contribution in [1.29, 1.82) is 0 Å². The predicted molar refractivity (Wildman–Crippen MR) is 60.8 cm³/mol. The van der Waals surface area contributed by atoms with Crippen molar-refractivity contribution in [3.8, 4) is 0 Å². The summed E-state index contributed by atoms with van der Waals surface area (Å²) in [5.41, 5.74) is 1.00. The number of aromatic amines is 1. The number of H-pyrrole nitrogens is 1. The van der Waals surface area contributed by atoms with Gasteiger partial charge in [-0.05, 0) is 19.8 Å². The number of rotatable bonds is 6. The number of aromatic nitrogens is 2. The molecule has 0 radical (unpaired) electrons. The maximum Gasteiger partial charge on any atom is 0.221 e. The normalized spacial score (nSPS) is 17.1. The first kappa shape index (κ1) is 11.1. The second kappa shape index (κ2) is 5.12. The lowest BCUT2D eigenvalue weighted by Crippen LogP contribution is -2.30. The van der Waals surface area contributed by atoms with E-state index < -0.39 is 0 Å². The number of carbonyl (C=O) groups is 1. The third-order valence-electron chi connectivity index (χ3n) is 2.76. The number of hydrogen-bond donors (Lipinski definition) is 3. The van der Waals surface area contributed by atoms with Crippen molar-refractivity contribution in [2.24, 2.45) is 0 Å². The van der Waals surface area contributed by atoms with E-state index in [2.05, 4.69) is 20.8 Å². The molecule has 0 saturated heterocycles. The van der Waals surface area contributed by atoms with E-state index in [0.29, 0.717) is 12.5 Å². The molecule has 1 aromatic heterocycles. The van der Waals surface area contributed by atoms with Crippen molar-refractivity contribution < 1.29 is 4.79 Å². The molecule has 1 saturated carbocycles. The van der Waals surface area contributed by atoms with Gasteiger partial charge >= 0.3 is 0 Å². The molecular formula is C11H18N4O. The van der Waals surface area contributed by atoms with Gasteiger partial charge in [0, 0.05) is 30.8 Å². The molecule has 1 unspecified atom stereocenters. The summed E-state index contributed by atoms with van der Waals surface area (Å²) in [5.74, 6) is 0.0850. The summed E-state index contributed by atoms with van der Waals surface area (Å²) in [5, 5.41) is 12.8. The number of amides is 1. The van der Waals surface area contributed by atoms with Gasteiger partial charge in [0.1, 0.15) is 0 Å². The Morgan fingerprint density at radius 2 is 2.50 bits per heavy atom. The van der Waals surface area contributed by atoms with Crippen LogP contribution in [0.5, 0.6) is 0 Å². The van der Waals surface area contributed by atoms with Crippen LogP contribution in [-0.4, -0.2) is 28.7 Å². The quantitative estimate of drug-likeness (QED) is 0.664. The van der Waals surface area contributed by atoms with E-state index >= 15 is 0 Å². The standard InChI is InChI=1S/C11H18N4O/c1-8(9-6-13-14-7-9)15-11(16)4-5-12-10-2-3-10/h6-8,10,12H,2-5H2,1H3,(H,13,14)(H,15,16). The average Bonchev–Trinajstić information content (AvgIpc) is 2.91. The van der Waals surface area contributed by atoms with E-state index in [4.69, 9.17) is 0 Å². The van der Waals surface area contributed by atoms with Gasteiger partial charge in [-0.2, -0.15) is 5.10 Å². The summed E-state index contributed by atoms with van der Waals surface area (Å²) in [6.45, 7) is 2.73. The zero-order chi connectivity index (χ0) is 11.4. The topological polar surface area (TPSA) is 69.8 Å². The zero-order valence-corrected chi connectivity index (χ0v) is 9.49. The molecule has 1 aliphatic rings. The second-order valence-electron chi connectivity index (χ2n) is 4.30. The summed E-state index contributed by atoms with van der Waals surface area (Å²) in [7, 11) is 0. The fraction of sp³-hybridized carbons (Fsp3) is 0.636. The van der Waals surface area contributed by atoms with E-state index in [1.165, 1.54) is 12.8 Å². The third-order valence-corrected chi connectivity index (χ3v) is 2.76. The number of nitrogens with zero attached hydrogens (tertiary/aromatic N) is 1. The highest BCUT2D eigenvalue weighted by Gasteiger charge is 2.20. The van der Waals surface area contributed by atoms with Gasteiger partial charge in [-0.1, -0.05) is 0 Å². The Morgan fingerprint density at radius 3 is 3.12 bits per heavy atom. The van der Waals surface area contributed by atoms with Gasteiger partial charge in [0.15, 0.2) is 0 Å². The molecule has 1 fully saturated rings. The number of hydrogen-bond acceptors (Lipinski definition) is 3. The minimum absolute atomic E-state index is 0.0205. The lowest BCUT2D eigenvalue weighted by Gasteiger charge is -2.12. The highest BCUT2D eigenvalue weighted by atomic mass is 16.1. The lowest BCUT2D eigenvalue weighted by molar-refractivity contribution is -0.121. The first-order valence-electron chi connectivity index (χ1n) is 5.77. The van der Waals surface area contributed by atoms with Crippen molar-refractivity contribution >= 4 is 5.91 Å². The van der Waals surface area contributed by atoms with E-state index in [0.717, 1.165) is 12.1 Å². The van der Waals surface area contributed by atoms with Crippen molar-refractivity contribution in [3.63, 3.8) is 0 Å². The van der Waals surface area contributed by atoms with Crippen molar-refractivity contribution in [3.05, 3.63) is 18.0 Å². The highest BCUT2D eigenvalue weighted by molar-refractivity contribution is 5.76. The Bertz CT molecular complexity index is 332. The van der Waals surface area contributed by atoms with E-state index in [1.54, 1.807) is 12.4 Å². The van der Waals surface area contributed by atoms with E-state index in [1.807, 2.05) is 6.92 Å². The Kier molecular flexibility index (Phi) is 3.56. The second-order valence-corrected chi connectivity index (χ2v) is 4.30. The smallest absolute Gasteiger partial charge is 0.221 e. The van der Waals surface area contributed by atoms with Gasteiger partial charge in [0.05, 0.1) is 12.2 Å². The van der Waals surface area contributed by atoms with Gasteiger partial charge in [-0.15, -0.1) is 0 Å². The molecule has 1 aliphatic carbocycles. The van der Waals surface area contributed by atoms with Crippen LogP contribution < -0.4 is 10.6 Å². The molecule has 5 nitrogen and oxygen atoms in total. The number of nitrogens with one attached hydrogen (secondary N) is 3. The van der Waals surface area contributed by atoms with E-state index in [9.17, 15) is 4.79 Å². The molecule has 3 N–H and O–H groups in total. The van der Waals surface area contributed by atoms with Gasteiger partial charge < -0.3 is 10.6 Å². The molecule has 5 heteroatoms. The zero-order valence-electron chi connectivity index (χ0n) is 9.49. The van der Waals surface area contributed by atoms with Crippen LogP contribution in [0.25, 0.3) is 0 Å². The molecule has 0 bridgehead atoms. The van der Waals surface area contributed by atoms with Gasteiger partial charge in [-0.3, -0.25) is 9.89 Å². The largest absolute Gasteiger partial charge is 0.349 e. The molecule has 1 amide bonds. The maximum absolute atomic E-state index is 11.6. The number of carbonyl (C=O) groups excluding carboxylic acids is 1. The van der Waals surface area contributed by atoms with Gasteiger partial charge in [0.25, 0.3) is 0 Å². The highest BCUT2D eigenvalue weighted by Crippen LogP contribution is 2.18.